The van der Waals surface area contributed by atoms with Gasteiger partial charge in [0.15, 0.2) is 0 Å². The summed E-state index contributed by atoms with van der Waals surface area (Å²) in [6.45, 7) is 3.11. The van der Waals surface area contributed by atoms with Crippen molar-refractivity contribution in [1.29, 1.82) is 5.41 Å². The summed E-state index contributed by atoms with van der Waals surface area (Å²) in [6.07, 6.45) is 3.97. The Balaban J connectivity index is 2.04. The van der Waals surface area contributed by atoms with Crippen LogP contribution in [0.2, 0.25) is 0 Å². The van der Waals surface area contributed by atoms with Gasteiger partial charge in [-0.3, -0.25) is 10.4 Å². The molecule has 0 unspecified atom stereocenters. The molecule has 0 aliphatic carbocycles. The van der Waals surface area contributed by atoms with Gasteiger partial charge in [-0.1, -0.05) is 17.7 Å². The van der Waals surface area contributed by atoms with Crippen molar-refractivity contribution in [2.45, 2.75) is 19.8 Å². The van der Waals surface area contributed by atoms with Gasteiger partial charge in [0.2, 0.25) is 0 Å². The van der Waals surface area contributed by atoms with Crippen LogP contribution in [-0.2, 0) is 6.42 Å². The number of nitrogens with one attached hydrogen (secondary N) is 1. The fourth-order valence-corrected chi connectivity index (χ4v) is 2.73. The highest BCUT2D eigenvalue weighted by molar-refractivity contribution is 5.94. The average Bonchev–Trinajstić information content (AvgIpc) is 2.46. The molecule has 2 aromatic rings. The normalized spacial score (nSPS) is 13.9. The van der Waals surface area contributed by atoms with Crippen molar-refractivity contribution in [2.75, 3.05) is 11.4 Å². The van der Waals surface area contributed by atoms with Crippen molar-refractivity contribution in [2.24, 2.45) is 5.73 Å². The molecule has 1 aromatic carbocycles. The lowest BCUT2D eigenvalue weighted by atomic mass is 9.99. The van der Waals surface area contributed by atoms with E-state index in [1.165, 1.54) is 16.8 Å². The van der Waals surface area contributed by atoms with Gasteiger partial charge in [-0.15, -0.1) is 0 Å². The van der Waals surface area contributed by atoms with E-state index in [4.69, 9.17) is 11.1 Å². The van der Waals surface area contributed by atoms with Crippen molar-refractivity contribution in [3.63, 3.8) is 0 Å². The van der Waals surface area contributed by atoms with E-state index in [1.807, 2.05) is 12.1 Å². The van der Waals surface area contributed by atoms with E-state index < -0.39 is 0 Å². The van der Waals surface area contributed by atoms with Gasteiger partial charge < -0.3 is 10.6 Å². The van der Waals surface area contributed by atoms with E-state index in [-0.39, 0.29) is 5.84 Å². The Bertz CT molecular complexity index is 663. The summed E-state index contributed by atoms with van der Waals surface area (Å²) in [7, 11) is 0. The first-order valence-electron chi connectivity index (χ1n) is 6.82. The molecule has 20 heavy (non-hydrogen) atoms. The predicted molar refractivity (Wildman–Crippen MR) is 81.8 cm³/mol. The molecule has 3 N–H and O–H groups in total. The summed E-state index contributed by atoms with van der Waals surface area (Å²) in [5, 5.41) is 7.52. The smallest absolute Gasteiger partial charge is 0.141 e. The third-order valence-electron chi connectivity index (χ3n) is 3.68. The molecule has 1 aromatic heterocycles. The number of rotatable bonds is 2. The van der Waals surface area contributed by atoms with E-state index in [2.05, 4.69) is 35.0 Å². The lowest BCUT2D eigenvalue weighted by Gasteiger charge is -2.31. The van der Waals surface area contributed by atoms with Crippen molar-refractivity contribution in [3.8, 4) is 0 Å². The van der Waals surface area contributed by atoms with E-state index in [0.717, 1.165) is 25.1 Å². The van der Waals surface area contributed by atoms with Crippen LogP contribution in [0.15, 0.2) is 36.5 Å². The SMILES string of the molecule is Cc1ccc2c(c1)CCCN2c1ccnc(C(=N)N)c1. The van der Waals surface area contributed by atoms with Gasteiger partial charge in [-0.05, 0) is 43.5 Å². The van der Waals surface area contributed by atoms with Gasteiger partial charge >= 0.3 is 0 Å². The van der Waals surface area contributed by atoms with Gasteiger partial charge in [0, 0.05) is 24.1 Å². The number of aryl methyl sites for hydroxylation is 2. The maximum absolute atomic E-state index is 7.52. The Hall–Kier alpha value is -2.36. The first-order chi connectivity index (χ1) is 9.65. The molecule has 0 atom stereocenters. The van der Waals surface area contributed by atoms with Gasteiger partial charge in [0.05, 0.1) is 0 Å². The standard InChI is InChI=1S/C16H18N4/c1-11-4-5-15-12(9-11)3-2-8-20(15)13-6-7-19-14(10-13)16(17)18/h4-7,9-10H,2-3,8H2,1H3,(H3,17,18). The van der Waals surface area contributed by atoms with Crippen LogP contribution in [0.25, 0.3) is 0 Å². The summed E-state index contributed by atoms with van der Waals surface area (Å²) in [5.74, 6) is 0.00740. The largest absolute Gasteiger partial charge is 0.382 e. The average molecular weight is 266 g/mol. The molecule has 0 spiro atoms. The van der Waals surface area contributed by atoms with Crippen molar-refractivity contribution < 1.29 is 0 Å². The molecule has 0 amide bonds. The van der Waals surface area contributed by atoms with Gasteiger partial charge in [-0.25, -0.2) is 0 Å². The van der Waals surface area contributed by atoms with Crippen LogP contribution >= 0.6 is 0 Å². The Morgan fingerprint density at radius 3 is 2.95 bits per heavy atom. The van der Waals surface area contributed by atoms with E-state index >= 15 is 0 Å². The number of amidine groups is 1. The number of fused-ring (bicyclic) bond motifs is 1. The third-order valence-corrected chi connectivity index (χ3v) is 3.68. The third kappa shape index (κ3) is 2.25. The lowest BCUT2D eigenvalue weighted by molar-refractivity contribution is 0.765. The first kappa shape index (κ1) is 12.7. The maximum Gasteiger partial charge on any atom is 0.141 e. The molecule has 0 saturated carbocycles. The van der Waals surface area contributed by atoms with Crippen molar-refractivity contribution in [3.05, 3.63) is 53.3 Å². The Morgan fingerprint density at radius 2 is 2.15 bits per heavy atom. The minimum Gasteiger partial charge on any atom is -0.382 e. The number of benzene rings is 1. The number of nitrogens with two attached hydrogens (primary N) is 1. The fraction of sp³-hybridized carbons (Fsp3) is 0.250. The topological polar surface area (TPSA) is 66.0 Å². The molecule has 1 aliphatic rings. The molecule has 1 aliphatic heterocycles. The van der Waals surface area contributed by atoms with Gasteiger partial charge in [0.1, 0.15) is 11.5 Å². The molecule has 2 heterocycles. The van der Waals surface area contributed by atoms with E-state index in [9.17, 15) is 0 Å². The van der Waals surface area contributed by atoms with Crippen LogP contribution in [-0.4, -0.2) is 17.4 Å². The number of hydrogen-bond acceptors (Lipinski definition) is 3. The molecule has 102 valence electrons. The Morgan fingerprint density at radius 1 is 1.30 bits per heavy atom. The number of pyridine rings is 1. The monoisotopic (exact) mass is 266 g/mol. The number of aromatic nitrogens is 1. The van der Waals surface area contributed by atoms with Crippen LogP contribution in [0.3, 0.4) is 0 Å². The molecule has 0 radical (unpaired) electrons. The molecule has 0 saturated heterocycles. The van der Waals surface area contributed by atoms with Crippen LogP contribution in [0, 0.1) is 12.3 Å². The number of hydrogen-bond donors (Lipinski definition) is 2. The quantitative estimate of drug-likeness (QED) is 0.649. The first-order valence-corrected chi connectivity index (χ1v) is 6.82. The second-order valence-corrected chi connectivity index (χ2v) is 5.20. The minimum atomic E-state index is 0.00740. The highest BCUT2D eigenvalue weighted by atomic mass is 15.1. The molecule has 4 heteroatoms. The highest BCUT2D eigenvalue weighted by Crippen LogP contribution is 2.33. The molecule has 4 nitrogen and oxygen atoms in total. The summed E-state index contributed by atoms with van der Waals surface area (Å²) in [6, 6.07) is 10.4. The van der Waals surface area contributed by atoms with E-state index in [0.29, 0.717) is 5.69 Å². The molecule has 3 rings (SSSR count). The van der Waals surface area contributed by atoms with Crippen LogP contribution in [0.5, 0.6) is 0 Å². The van der Waals surface area contributed by atoms with Gasteiger partial charge in [0.25, 0.3) is 0 Å². The predicted octanol–water partition coefficient (Wildman–Crippen LogP) is 2.76. The van der Waals surface area contributed by atoms with Crippen LogP contribution in [0.4, 0.5) is 11.4 Å². The number of anilines is 2. The second kappa shape index (κ2) is 4.96. The summed E-state index contributed by atoms with van der Waals surface area (Å²) in [5.41, 5.74) is 11.0. The summed E-state index contributed by atoms with van der Waals surface area (Å²) >= 11 is 0. The Kier molecular flexibility index (Phi) is 3.14. The zero-order valence-electron chi connectivity index (χ0n) is 11.6. The van der Waals surface area contributed by atoms with Crippen molar-refractivity contribution in [1.82, 2.24) is 4.98 Å². The highest BCUT2D eigenvalue weighted by Gasteiger charge is 2.18. The second-order valence-electron chi connectivity index (χ2n) is 5.20. The molecular formula is C16H18N4. The van der Waals surface area contributed by atoms with Crippen LogP contribution in [0.1, 0.15) is 23.2 Å². The van der Waals surface area contributed by atoms with E-state index in [1.54, 1.807) is 6.20 Å². The number of nitrogen functional groups attached to an aromatic ring is 1. The number of nitrogens with zero attached hydrogens (tertiary/aromatic N) is 2. The van der Waals surface area contributed by atoms with Crippen LogP contribution < -0.4 is 10.6 Å². The maximum atomic E-state index is 7.52. The molecule has 0 fully saturated rings. The summed E-state index contributed by atoms with van der Waals surface area (Å²) in [4.78, 5) is 6.41. The lowest BCUT2D eigenvalue weighted by Crippen LogP contribution is -2.25. The molecular weight excluding hydrogens is 248 g/mol. The van der Waals surface area contributed by atoms with Crippen molar-refractivity contribution >= 4 is 17.2 Å². The fourth-order valence-electron chi connectivity index (χ4n) is 2.73. The zero-order chi connectivity index (χ0) is 14.1. The zero-order valence-corrected chi connectivity index (χ0v) is 11.6. The summed E-state index contributed by atoms with van der Waals surface area (Å²) < 4.78 is 0. The molecule has 0 bridgehead atoms. The minimum absolute atomic E-state index is 0.00740. The Labute approximate surface area is 118 Å². The van der Waals surface area contributed by atoms with Gasteiger partial charge in [-0.2, -0.15) is 0 Å².